The Balaban J connectivity index is 2.04. The van der Waals surface area contributed by atoms with E-state index in [0.717, 1.165) is 31.4 Å². The topological polar surface area (TPSA) is 58.7 Å². The molecule has 0 aliphatic carbocycles. The molecule has 0 amide bonds. The number of benzene rings is 1. The number of hydrogen-bond acceptors (Lipinski definition) is 5. The normalized spacial score (nSPS) is 11.2. The summed E-state index contributed by atoms with van der Waals surface area (Å²) in [5.41, 5.74) is 2.76. The van der Waals surface area contributed by atoms with Crippen LogP contribution in [-0.4, -0.2) is 9.55 Å². The van der Waals surface area contributed by atoms with Crippen LogP contribution >= 0.6 is 23.1 Å². The molecule has 0 saturated carbocycles. The third-order valence-electron chi connectivity index (χ3n) is 4.14. The van der Waals surface area contributed by atoms with Gasteiger partial charge in [0.1, 0.15) is 4.83 Å². The molecule has 6 heteroatoms. The summed E-state index contributed by atoms with van der Waals surface area (Å²) in [5.74, 6) is 0.670. The average Bonchev–Trinajstić information content (AvgIpc) is 2.87. The molecule has 0 N–H and O–H groups in total. The smallest absolute Gasteiger partial charge is 0.263 e. The van der Waals surface area contributed by atoms with Gasteiger partial charge in [0, 0.05) is 16.7 Å². The minimum Gasteiger partial charge on any atom is -0.284 e. The molecule has 2 heterocycles. The molecule has 0 fully saturated rings. The lowest BCUT2D eigenvalue weighted by Gasteiger charge is -2.15. The minimum atomic E-state index is 0.0372. The minimum absolute atomic E-state index is 0.0372. The van der Waals surface area contributed by atoms with Crippen molar-refractivity contribution in [2.45, 2.75) is 44.6 Å². The molecule has 3 aromatic rings. The van der Waals surface area contributed by atoms with Crippen LogP contribution < -0.4 is 5.56 Å². The fraction of sp³-hybridized carbons (Fsp3) is 0.316. The van der Waals surface area contributed by atoms with Gasteiger partial charge >= 0.3 is 0 Å². The van der Waals surface area contributed by atoms with Crippen molar-refractivity contribution in [3.05, 3.63) is 56.2 Å². The SMILES string of the molecule is Cc1sc2nc(SCc3cccc(C#N)c3)n(C(C)C)c(=O)c2c1C. The van der Waals surface area contributed by atoms with Crippen LogP contribution in [0.2, 0.25) is 0 Å². The first kappa shape index (κ1) is 17.7. The molecular formula is C19H19N3OS2. The molecule has 0 aliphatic rings. The molecule has 1 aromatic carbocycles. The lowest BCUT2D eigenvalue weighted by Crippen LogP contribution is -2.24. The Morgan fingerprint density at radius 2 is 2.12 bits per heavy atom. The molecule has 0 radical (unpaired) electrons. The number of thiophene rings is 1. The van der Waals surface area contributed by atoms with E-state index in [9.17, 15) is 4.79 Å². The van der Waals surface area contributed by atoms with Gasteiger partial charge in [-0.05, 0) is 51.0 Å². The van der Waals surface area contributed by atoms with E-state index in [1.54, 1.807) is 33.7 Å². The van der Waals surface area contributed by atoms with Gasteiger partial charge in [-0.2, -0.15) is 5.26 Å². The zero-order valence-electron chi connectivity index (χ0n) is 14.7. The summed E-state index contributed by atoms with van der Waals surface area (Å²) in [6.07, 6.45) is 0. The number of thioether (sulfide) groups is 1. The van der Waals surface area contributed by atoms with Crippen LogP contribution in [0.15, 0.2) is 34.2 Å². The Labute approximate surface area is 155 Å². The van der Waals surface area contributed by atoms with Gasteiger partial charge in [-0.3, -0.25) is 9.36 Å². The first-order chi connectivity index (χ1) is 11.9. The third-order valence-corrected chi connectivity index (χ3v) is 6.27. The van der Waals surface area contributed by atoms with E-state index in [-0.39, 0.29) is 11.6 Å². The first-order valence-corrected chi connectivity index (χ1v) is 9.86. The van der Waals surface area contributed by atoms with Crippen molar-refractivity contribution in [3.8, 4) is 6.07 Å². The zero-order valence-corrected chi connectivity index (χ0v) is 16.3. The van der Waals surface area contributed by atoms with Gasteiger partial charge in [0.25, 0.3) is 5.56 Å². The van der Waals surface area contributed by atoms with E-state index in [0.29, 0.717) is 11.3 Å². The molecular weight excluding hydrogens is 350 g/mol. The second kappa shape index (κ2) is 7.03. The predicted molar refractivity (Wildman–Crippen MR) is 104 cm³/mol. The monoisotopic (exact) mass is 369 g/mol. The van der Waals surface area contributed by atoms with Crippen LogP contribution in [-0.2, 0) is 5.75 Å². The molecule has 0 bridgehead atoms. The third kappa shape index (κ3) is 3.35. The molecule has 0 unspecified atom stereocenters. The summed E-state index contributed by atoms with van der Waals surface area (Å²) >= 11 is 3.12. The predicted octanol–water partition coefficient (Wildman–Crippen LogP) is 4.82. The van der Waals surface area contributed by atoms with Crippen molar-refractivity contribution in [1.82, 2.24) is 9.55 Å². The summed E-state index contributed by atoms with van der Waals surface area (Å²) in [6.45, 7) is 8.02. The molecule has 128 valence electrons. The Morgan fingerprint density at radius 3 is 2.80 bits per heavy atom. The van der Waals surface area contributed by atoms with Crippen LogP contribution in [0.3, 0.4) is 0 Å². The largest absolute Gasteiger partial charge is 0.284 e. The number of aryl methyl sites for hydroxylation is 2. The zero-order chi connectivity index (χ0) is 18.1. The molecule has 25 heavy (non-hydrogen) atoms. The van der Waals surface area contributed by atoms with Crippen molar-refractivity contribution in [3.63, 3.8) is 0 Å². The van der Waals surface area contributed by atoms with Crippen molar-refractivity contribution in [2.24, 2.45) is 0 Å². The molecule has 2 aromatic heterocycles. The average molecular weight is 370 g/mol. The fourth-order valence-electron chi connectivity index (χ4n) is 2.72. The van der Waals surface area contributed by atoms with Crippen molar-refractivity contribution >= 4 is 33.3 Å². The van der Waals surface area contributed by atoms with Gasteiger partial charge in [0.15, 0.2) is 5.16 Å². The van der Waals surface area contributed by atoms with E-state index < -0.39 is 0 Å². The van der Waals surface area contributed by atoms with Crippen molar-refractivity contribution in [1.29, 1.82) is 5.26 Å². The molecule has 0 spiro atoms. The number of rotatable bonds is 4. The van der Waals surface area contributed by atoms with Crippen molar-refractivity contribution in [2.75, 3.05) is 0 Å². The number of fused-ring (bicyclic) bond motifs is 1. The van der Waals surface area contributed by atoms with Crippen LogP contribution in [0, 0.1) is 25.2 Å². The van der Waals surface area contributed by atoms with E-state index >= 15 is 0 Å². The fourth-order valence-corrected chi connectivity index (χ4v) is 4.86. The summed E-state index contributed by atoms with van der Waals surface area (Å²) < 4.78 is 1.78. The maximum Gasteiger partial charge on any atom is 0.263 e. The molecule has 3 rings (SSSR count). The Kier molecular flexibility index (Phi) is 4.98. The van der Waals surface area contributed by atoms with Gasteiger partial charge < -0.3 is 0 Å². The molecule has 0 atom stereocenters. The quantitative estimate of drug-likeness (QED) is 0.489. The van der Waals surface area contributed by atoms with Crippen LogP contribution in [0.4, 0.5) is 0 Å². The molecule has 0 aliphatic heterocycles. The summed E-state index contributed by atoms with van der Waals surface area (Å²) in [5, 5.41) is 10.5. The van der Waals surface area contributed by atoms with E-state index in [4.69, 9.17) is 10.2 Å². The second-order valence-corrected chi connectivity index (χ2v) is 8.37. The number of aromatic nitrogens is 2. The van der Waals surface area contributed by atoms with Crippen LogP contribution in [0.5, 0.6) is 0 Å². The highest BCUT2D eigenvalue weighted by molar-refractivity contribution is 7.98. The van der Waals surface area contributed by atoms with E-state index in [1.165, 1.54) is 0 Å². The lowest BCUT2D eigenvalue weighted by molar-refractivity contribution is 0.519. The Morgan fingerprint density at radius 1 is 1.36 bits per heavy atom. The van der Waals surface area contributed by atoms with Gasteiger partial charge in [-0.15, -0.1) is 11.3 Å². The Hall–Kier alpha value is -2.10. The molecule has 0 saturated heterocycles. The van der Waals surface area contributed by atoms with Gasteiger partial charge in [-0.1, -0.05) is 23.9 Å². The summed E-state index contributed by atoms with van der Waals surface area (Å²) in [6, 6.07) is 9.74. The highest BCUT2D eigenvalue weighted by Crippen LogP contribution is 2.30. The number of hydrogen-bond donors (Lipinski definition) is 0. The Bertz CT molecular complexity index is 1040. The first-order valence-electron chi connectivity index (χ1n) is 8.06. The lowest BCUT2D eigenvalue weighted by atomic mass is 10.2. The maximum atomic E-state index is 13.0. The summed E-state index contributed by atoms with van der Waals surface area (Å²) in [4.78, 5) is 19.7. The maximum absolute atomic E-state index is 13.0. The highest BCUT2D eigenvalue weighted by Gasteiger charge is 2.18. The van der Waals surface area contributed by atoms with Crippen molar-refractivity contribution < 1.29 is 0 Å². The summed E-state index contributed by atoms with van der Waals surface area (Å²) in [7, 11) is 0. The van der Waals surface area contributed by atoms with Gasteiger partial charge in [-0.25, -0.2) is 4.98 Å². The van der Waals surface area contributed by atoms with Gasteiger partial charge in [0.05, 0.1) is 17.0 Å². The molecule has 4 nitrogen and oxygen atoms in total. The van der Waals surface area contributed by atoms with E-state index in [2.05, 4.69) is 6.07 Å². The second-order valence-electron chi connectivity index (χ2n) is 6.23. The van der Waals surface area contributed by atoms with Crippen LogP contribution in [0.25, 0.3) is 10.2 Å². The van der Waals surface area contributed by atoms with E-state index in [1.807, 2.05) is 45.9 Å². The van der Waals surface area contributed by atoms with Gasteiger partial charge in [0.2, 0.25) is 0 Å². The number of nitriles is 1. The van der Waals surface area contributed by atoms with Crippen LogP contribution in [0.1, 0.15) is 41.5 Å². The standard InChI is InChI=1S/C19H19N3OS2/c1-11(2)22-18(23)16-12(3)13(4)25-17(16)21-19(22)24-10-15-7-5-6-14(8-15)9-20/h5-8,11H,10H2,1-4H3. The number of nitrogens with zero attached hydrogens (tertiary/aromatic N) is 3. The highest BCUT2D eigenvalue weighted by atomic mass is 32.2.